The summed E-state index contributed by atoms with van der Waals surface area (Å²) in [6.45, 7) is 9.40. The highest BCUT2D eigenvalue weighted by atomic mass is 16.5. The van der Waals surface area contributed by atoms with Crippen LogP contribution in [0.4, 0.5) is 5.69 Å². The third-order valence-electron chi connectivity index (χ3n) is 4.97. The number of benzene rings is 1. The summed E-state index contributed by atoms with van der Waals surface area (Å²) in [6, 6.07) is 7.61. The Hall–Kier alpha value is -2.14. The van der Waals surface area contributed by atoms with Crippen molar-refractivity contribution in [3.05, 3.63) is 30.5 Å². The summed E-state index contributed by atoms with van der Waals surface area (Å²) in [6.07, 6.45) is 4.72. The van der Waals surface area contributed by atoms with Crippen molar-refractivity contribution in [3.8, 4) is 5.75 Å². The van der Waals surface area contributed by atoms with Crippen LogP contribution in [-0.2, 0) is 9.53 Å². The minimum Gasteiger partial charge on any atom is -0.491 e. The predicted octanol–water partition coefficient (Wildman–Crippen LogP) is 4.80. The zero-order valence-corrected chi connectivity index (χ0v) is 16.7. The molecule has 0 spiro atoms. The molecule has 2 aromatic rings. The summed E-state index contributed by atoms with van der Waals surface area (Å²) in [5, 5.41) is 3.96. The number of carbonyl (C=O) groups is 1. The van der Waals surface area contributed by atoms with Crippen molar-refractivity contribution in [2.45, 2.75) is 52.6 Å². The Morgan fingerprint density at radius 3 is 2.78 bits per heavy atom. The SMILES string of the molecule is CCCOC(C)(C(=O)Nc1ccc(OCC(C)C)c2ncccc12)C1CC1. The van der Waals surface area contributed by atoms with Crippen molar-refractivity contribution in [1.82, 2.24) is 4.98 Å². The average Bonchev–Trinajstić information content (AvgIpc) is 3.51. The van der Waals surface area contributed by atoms with Crippen LogP contribution in [0, 0.1) is 11.8 Å². The zero-order valence-electron chi connectivity index (χ0n) is 16.7. The summed E-state index contributed by atoms with van der Waals surface area (Å²) in [5.41, 5.74) is 0.725. The van der Waals surface area contributed by atoms with Crippen molar-refractivity contribution in [2.24, 2.45) is 11.8 Å². The highest BCUT2D eigenvalue weighted by Crippen LogP contribution is 2.43. The quantitative estimate of drug-likeness (QED) is 0.688. The summed E-state index contributed by atoms with van der Waals surface area (Å²) in [5.74, 6) is 1.38. The van der Waals surface area contributed by atoms with Gasteiger partial charge in [-0.1, -0.05) is 20.8 Å². The first-order valence-electron chi connectivity index (χ1n) is 9.91. The van der Waals surface area contributed by atoms with Gasteiger partial charge >= 0.3 is 0 Å². The van der Waals surface area contributed by atoms with Gasteiger partial charge in [0.15, 0.2) is 0 Å². The lowest BCUT2D eigenvalue weighted by Gasteiger charge is -2.29. The van der Waals surface area contributed by atoms with Crippen LogP contribution in [0.25, 0.3) is 10.9 Å². The molecule has 1 fully saturated rings. The average molecular weight is 370 g/mol. The van der Waals surface area contributed by atoms with Crippen LogP contribution in [0.3, 0.4) is 0 Å². The molecule has 1 aliphatic carbocycles. The minimum absolute atomic E-state index is 0.0838. The van der Waals surface area contributed by atoms with Crippen LogP contribution in [0.1, 0.15) is 47.0 Å². The van der Waals surface area contributed by atoms with Gasteiger partial charge in [0.1, 0.15) is 16.9 Å². The van der Waals surface area contributed by atoms with E-state index in [1.165, 1.54) is 0 Å². The van der Waals surface area contributed by atoms with E-state index in [1.807, 2.05) is 31.2 Å². The maximum Gasteiger partial charge on any atom is 0.256 e. The van der Waals surface area contributed by atoms with Crippen molar-refractivity contribution >= 4 is 22.5 Å². The normalized spacial score (nSPS) is 16.3. The molecular formula is C22H30N2O3. The smallest absolute Gasteiger partial charge is 0.256 e. The lowest BCUT2D eigenvalue weighted by atomic mass is 9.98. The molecule has 1 heterocycles. The second kappa shape index (κ2) is 8.26. The molecule has 0 aliphatic heterocycles. The lowest BCUT2D eigenvalue weighted by Crippen LogP contribution is -2.45. The number of carbonyl (C=O) groups excluding carboxylic acids is 1. The lowest BCUT2D eigenvalue weighted by molar-refractivity contribution is -0.142. The molecule has 1 atom stereocenters. The summed E-state index contributed by atoms with van der Waals surface area (Å²) < 4.78 is 11.9. The van der Waals surface area contributed by atoms with Crippen LogP contribution in [-0.4, -0.2) is 29.7 Å². The largest absolute Gasteiger partial charge is 0.491 e. The van der Waals surface area contributed by atoms with Gasteiger partial charge in [-0.25, -0.2) is 0 Å². The van der Waals surface area contributed by atoms with Crippen LogP contribution < -0.4 is 10.1 Å². The molecular weight excluding hydrogens is 340 g/mol. The van der Waals surface area contributed by atoms with Crippen LogP contribution in [0.5, 0.6) is 5.75 Å². The summed E-state index contributed by atoms with van der Waals surface area (Å²) in [4.78, 5) is 17.6. The van der Waals surface area contributed by atoms with E-state index in [2.05, 4.69) is 31.1 Å². The fourth-order valence-electron chi connectivity index (χ4n) is 3.19. The molecule has 146 valence electrons. The van der Waals surface area contributed by atoms with E-state index in [-0.39, 0.29) is 5.91 Å². The number of fused-ring (bicyclic) bond motifs is 1. The van der Waals surface area contributed by atoms with Gasteiger partial charge in [-0.15, -0.1) is 0 Å². The van der Waals surface area contributed by atoms with Crippen molar-refractivity contribution in [2.75, 3.05) is 18.5 Å². The number of hydrogen-bond acceptors (Lipinski definition) is 4. The molecule has 1 amide bonds. The first-order chi connectivity index (χ1) is 13.0. The highest BCUT2D eigenvalue weighted by Gasteiger charge is 2.48. The Labute approximate surface area is 161 Å². The van der Waals surface area contributed by atoms with E-state index in [0.717, 1.165) is 41.6 Å². The summed E-state index contributed by atoms with van der Waals surface area (Å²) in [7, 11) is 0. The van der Waals surface area contributed by atoms with Gasteiger partial charge in [0, 0.05) is 18.2 Å². The first-order valence-corrected chi connectivity index (χ1v) is 9.91. The maximum atomic E-state index is 13.1. The number of anilines is 1. The van der Waals surface area contributed by atoms with Gasteiger partial charge < -0.3 is 14.8 Å². The Balaban J connectivity index is 1.86. The zero-order chi connectivity index (χ0) is 19.4. The van der Waals surface area contributed by atoms with E-state index in [9.17, 15) is 4.79 Å². The number of rotatable bonds is 9. The topological polar surface area (TPSA) is 60.5 Å². The number of nitrogens with zero attached hydrogens (tertiary/aromatic N) is 1. The van der Waals surface area contributed by atoms with Gasteiger partial charge in [0.2, 0.25) is 0 Å². The Bertz CT molecular complexity index is 801. The Kier molecular flexibility index (Phi) is 6.00. The van der Waals surface area contributed by atoms with Gasteiger partial charge in [-0.3, -0.25) is 9.78 Å². The van der Waals surface area contributed by atoms with Gasteiger partial charge in [-0.05, 0) is 62.3 Å². The van der Waals surface area contributed by atoms with Crippen LogP contribution in [0.2, 0.25) is 0 Å². The van der Waals surface area contributed by atoms with Crippen LogP contribution >= 0.6 is 0 Å². The second-order valence-corrected chi connectivity index (χ2v) is 7.90. The molecule has 5 heteroatoms. The third kappa shape index (κ3) is 4.41. The number of nitrogens with one attached hydrogen (secondary N) is 1. The maximum absolute atomic E-state index is 13.1. The number of pyridine rings is 1. The number of ether oxygens (including phenoxy) is 2. The van der Waals surface area contributed by atoms with E-state index >= 15 is 0 Å². The van der Waals surface area contributed by atoms with Gasteiger partial charge in [0.25, 0.3) is 5.91 Å². The molecule has 27 heavy (non-hydrogen) atoms. The molecule has 1 aromatic heterocycles. The van der Waals surface area contributed by atoms with Gasteiger partial charge in [0.05, 0.1) is 12.3 Å². The first kappa shape index (κ1) is 19.6. The Morgan fingerprint density at radius 2 is 2.11 bits per heavy atom. The molecule has 5 nitrogen and oxygen atoms in total. The molecule has 1 aromatic carbocycles. The molecule has 0 saturated heterocycles. The Morgan fingerprint density at radius 1 is 1.33 bits per heavy atom. The van der Waals surface area contributed by atoms with E-state index in [4.69, 9.17) is 9.47 Å². The molecule has 1 saturated carbocycles. The molecule has 1 unspecified atom stereocenters. The second-order valence-electron chi connectivity index (χ2n) is 7.90. The monoisotopic (exact) mass is 370 g/mol. The van der Waals surface area contributed by atoms with Crippen molar-refractivity contribution in [3.63, 3.8) is 0 Å². The predicted molar refractivity (Wildman–Crippen MR) is 108 cm³/mol. The number of hydrogen-bond donors (Lipinski definition) is 1. The minimum atomic E-state index is -0.780. The van der Waals surface area contributed by atoms with E-state index in [0.29, 0.717) is 25.0 Å². The molecule has 1 N–H and O–H groups in total. The fourth-order valence-corrected chi connectivity index (χ4v) is 3.19. The molecule has 1 aliphatic rings. The van der Waals surface area contributed by atoms with Crippen LogP contribution in [0.15, 0.2) is 30.5 Å². The molecule has 3 rings (SSSR count). The van der Waals surface area contributed by atoms with E-state index in [1.54, 1.807) is 6.20 Å². The van der Waals surface area contributed by atoms with E-state index < -0.39 is 5.60 Å². The standard InChI is InChI=1S/C22H30N2O3/c1-5-13-27-22(4,16-8-9-16)21(25)24-18-10-11-19(26-14-15(2)3)20-17(18)7-6-12-23-20/h6-7,10-12,15-16H,5,8-9,13-14H2,1-4H3,(H,24,25). The highest BCUT2D eigenvalue weighted by molar-refractivity contribution is 6.05. The number of amides is 1. The molecule has 0 bridgehead atoms. The van der Waals surface area contributed by atoms with Crippen molar-refractivity contribution < 1.29 is 14.3 Å². The summed E-state index contributed by atoms with van der Waals surface area (Å²) >= 11 is 0. The number of aromatic nitrogens is 1. The third-order valence-corrected chi connectivity index (χ3v) is 4.97. The fraction of sp³-hybridized carbons (Fsp3) is 0.545. The van der Waals surface area contributed by atoms with Crippen molar-refractivity contribution in [1.29, 1.82) is 0 Å². The van der Waals surface area contributed by atoms with Gasteiger partial charge in [-0.2, -0.15) is 0 Å². The molecule has 0 radical (unpaired) electrons.